The van der Waals surface area contributed by atoms with E-state index >= 15 is 0 Å². The lowest BCUT2D eigenvalue weighted by Gasteiger charge is -2.18. The van der Waals surface area contributed by atoms with Crippen LogP contribution in [-0.2, 0) is 0 Å². The normalized spacial score (nSPS) is 13.3. The van der Waals surface area contributed by atoms with Gasteiger partial charge in [0.15, 0.2) is 11.5 Å². The molecule has 0 saturated carbocycles. The van der Waals surface area contributed by atoms with E-state index in [1.807, 2.05) is 25.1 Å². The Bertz CT molecular complexity index is 759. The van der Waals surface area contributed by atoms with E-state index in [-0.39, 0.29) is 18.7 Å². The van der Waals surface area contributed by atoms with Crippen molar-refractivity contribution >= 4 is 5.91 Å². The van der Waals surface area contributed by atoms with Crippen molar-refractivity contribution in [3.05, 3.63) is 47.5 Å². The maximum Gasteiger partial charge on any atom is 0.251 e. The molecule has 6 heteroatoms. The first-order valence-electron chi connectivity index (χ1n) is 7.55. The van der Waals surface area contributed by atoms with Gasteiger partial charge in [-0.2, -0.15) is 0 Å². The van der Waals surface area contributed by atoms with E-state index < -0.39 is 0 Å². The molecular formula is C18H19NO5. The Balaban J connectivity index is 1.79. The Kier molecular flexibility index (Phi) is 4.46. The first-order chi connectivity index (χ1) is 11.6. The molecule has 6 nitrogen and oxygen atoms in total. The van der Waals surface area contributed by atoms with Crippen molar-refractivity contribution < 1.29 is 23.7 Å². The van der Waals surface area contributed by atoms with Gasteiger partial charge in [-0.25, -0.2) is 0 Å². The minimum Gasteiger partial charge on any atom is -0.497 e. The third kappa shape index (κ3) is 3.08. The lowest BCUT2D eigenvalue weighted by molar-refractivity contribution is 0.0939. The zero-order valence-corrected chi connectivity index (χ0v) is 13.8. The standard InChI is InChI=1S/C18H19NO5/c1-11(14-9-13(21-2)5-7-15(14)22-3)19-18(20)12-4-6-16-17(8-12)24-10-23-16/h4-9,11H,10H2,1-3H3,(H,19,20)/t11-/m1/s1. The number of amides is 1. The second kappa shape index (κ2) is 6.70. The van der Waals surface area contributed by atoms with Crippen LogP contribution in [0.2, 0.25) is 0 Å². The van der Waals surface area contributed by atoms with Crippen LogP contribution < -0.4 is 24.3 Å². The number of fused-ring (bicyclic) bond motifs is 1. The van der Waals surface area contributed by atoms with Crippen molar-refractivity contribution in [1.29, 1.82) is 0 Å². The predicted molar refractivity (Wildman–Crippen MR) is 88.0 cm³/mol. The molecule has 24 heavy (non-hydrogen) atoms. The van der Waals surface area contributed by atoms with Crippen LogP contribution in [0, 0.1) is 0 Å². The van der Waals surface area contributed by atoms with Crippen molar-refractivity contribution in [1.82, 2.24) is 5.32 Å². The van der Waals surface area contributed by atoms with Gasteiger partial charge in [-0.1, -0.05) is 0 Å². The molecule has 1 aliphatic heterocycles. The summed E-state index contributed by atoms with van der Waals surface area (Å²) in [6.45, 7) is 2.07. The van der Waals surface area contributed by atoms with Gasteiger partial charge in [0, 0.05) is 11.1 Å². The summed E-state index contributed by atoms with van der Waals surface area (Å²) >= 11 is 0. The minimum atomic E-state index is -0.257. The highest BCUT2D eigenvalue weighted by molar-refractivity contribution is 5.95. The summed E-state index contributed by atoms with van der Waals surface area (Å²) in [6, 6.07) is 10.3. The summed E-state index contributed by atoms with van der Waals surface area (Å²) in [7, 11) is 3.19. The maximum atomic E-state index is 12.5. The van der Waals surface area contributed by atoms with Crippen LogP contribution in [0.15, 0.2) is 36.4 Å². The Morgan fingerprint density at radius 3 is 2.62 bits per heavy atom. The van der Waals surface area contributed by atoms with E-state index in [1.165, 1.54) is 0 Å². The third-order valence-electron chi connectivity index (χ3n) is 3.89. The third-order valence-corrected chi connectivity index (χ3v) is 3.89. The fourth-order valence-electron chi connectivity index (χ4n) is 2.57. The van der Waals surface area contributed by atoms with Crippen molar-refractivity contribution in [3.8, 4) is 23.0 Å². The van der Waals surface area contributed by atoms with Crippen molar-refractivity contribution in [2.75, 3.05) is 21.0 Å². The Labute approximate surface area is 140 Å². The number of carbonyl (C=O) groups is 1. The fourth-order valence-corrected chi connectivity index (χ4v) is 2.57. The van der Waals surface area contributed by atoms with Crippen LogP contribution in [0.5, 0.6) is 23.0 Å². The van der Waals surface area contributed by atoms with E-state index in [0.717, 1.165) is 5.56 Å². The van der Waals surface area contributed by atoms with E-state index in [1.54, 1.807) is 32.4 Å². The van der Waals surface area contributed by atoms with Crippen LogP contribution in [0.4, 0.5) is 0 Å². The lowest BCUT2D eigenvalue weighted by atomic mass is 10.1. The molecule has 1 atom stereocenters. The zero-order valence-electron chi connectivity index (χ0n) is 13.8. The molecule has 0 radical (unpaired) electrons. The van der Waals surface area contributed by atoms with Crippen molar-refractivity contribution in [2.45, 2.75) is 13.0 Å². The minimum absolute atomic E-state index is 0.178. The maximum absolute atomic E-state index is 12.5. The van der Waals surface area contributed by atoms with Crippen LogP contribution in [0.3, 0.4) is 0 Å². The van der Waals surface area contributed by atoms with Gasteiger partial charge in [0.05, 0.1) is 20.3 Å². The molecule has 1 amide bonds. The molecule has 0 saturated heterocycles. The molecule has 0 bridgehead atoms. The van der Waals surface area contributed by atoms with Gasteiger partial charge in [0.2, 0.25) is 6.79 Å². The van der Waals surface area contributed by atoms with Gasteiger partial charge in [-0.15, -0.1) is 0 Å². The molecule has 126 valence electrons. The highest BCUT2D eigenvalue weighted by Crippen LogP contribution is 2.33. The number of carbonyl (C=O) groups excluding carboxylic acids is 1. The van der Waals surface area contributed by atoms with Gasteiger partial charge >= 0.3 is 0 Å². The summed E-state index contributed by atoms with van der Waals surface area (Å²) in [5, 5.41) is 2.96. The van der Waals surface area contributed by atoms with Gasteiger partial charge in [0.1, 0.15) is 11.5 Å². The Morgan fingerprint density at radius 2 is 1.88 bits per heavy atom. The number of benzene rings is 2. The summed E-state index contributed by atoms with van der Waals surface area (Å²) in [5.74, 6) is 2.42. The number of hydrogen-bond acceptors (Lipinski definition) is 5. The largest absolute Gasteiger partial charge is 0.497 e. The topological polar surface area (TPSA) is 66.0 Å². The Hall–Kier alpha value is -2.89. The molecule has 1 heterocycles. The number of ether oxygens (including phenoxy) is 4. The number of hydrogen-bond donors (Lipinski definition) is 1. The summed E-state index contributed by atoms with van der Waals surface area (Å²) in [5.41, 5.74) is 1.35. The zero-order chi connectivity index (χ0) is 17.1. The summed E-state index contributed by atoms with van der Waals surface area (Å²) in [4.78, 5) is 12.5. The quantitative estimate of drug-likeness (QED) is 0.913. The first kappa shape index (κ1) is 16.0. The van der Waals surface area contributed by atoms with Gasteiger partial charge in [0.25, 0.3) is 5.91 Å². The molecule has 2 aromatic carbocycles. The molecule has 1 aliphatic rings. The van der Waals surface area contributed by atoms with E-state index in [2.05, 4.69) is 5.32 Å². The number of methoxy groups -OCH3 is 2. The average molecular weight is 329 g/mol. The van der Waals surface area contributed by atoms with Gasteiger partial charge in [-0.3, -0.25) is 4.79 Å². The monoisotopic (exact) mass is 329 g/mol. The molecular weight excluding hydrogens is 310 g/mol. The summed E-state index contributed by atoms with van der Waals surface area (Å²) in [6.07, 6.45) is 0. The molecule has 0 fully saturated rings. The average Bonchev–Trinajstić information content (AvgIpc) is 3.08. The Morgan fingerprint density at radius 1 is 1.08 bits per heavy atom. The van der Waals surface area contributed by atoms with Gasteiger partial charge < -0.3 is 24.3 Å². The molecule has 0 aliphatic carbocycles. The first-order valence-corrected chi connectivity index (χ1v) is 7.55. The van der Waals surface area contributed by atoms with Crippen molar-refractivity contribution in [2.24, 2.45) is 0 Å². The number of nitrogens with one attached hydrogen (secondary N) is 1. The smallest absolute Gasteiger partial charge is 0.251 e. The van der Waals surface area contributed by atoms with E-state index in [0.29, 0.717) is 28.6 Å². The van der Waals surface area contributed by atoms with Crippen LogP contribution in [-0.4, -0.2) is 26.9 Å². The second-order valence-corrected chi connectivity index (χ2v) is 5.37. The van der Waals surface area contributed by atoms with Crippen LogP contribution in [0.25, 0.3) is 0 Å². The predicted octanol–water partition coefficient (Wildman–Crippen LogP) is 2.92. The highest BCUT2D eigenvalue weighted by atomic mass is 16.7. The van der Waals surface area contributed by atoms with E-state index in [9.17, 15) is 4.79 Å². The summed E-state index contributed by atoms with van der Waals surface area (Å²) < 4.78 is 21.2. The lowest BCUT2D eigenvalue weighted by Crippen LogP contribution is -2.26. The highest BCUT2D eigenvalue weighted by Gasteiger charge is 2.19. The molecule has 2 aromatic rings. The van der Waals surface area contributed by atoms with Crippen LogP contribution >= 0.6 is 0 Å². The number of rotatable bonds is 5. The molecule has 3 rings (SSSR count). The SMILES string of the molecule is COc1ccc(OC)c([C@@H](C)NC(=O)c2ccc3c(c2)OCO3)c1. The van der Waals surface area contributed by atoms with E-state index in [4.69, 9.17) is 18.9 Å². The molecule has 0 spiro atoms. The molecule has 0 unspecified atom stereocenters. The van der Waals surface area contributed by atoms with Crippen LogP contribution in [0.1, 0.15) is 28.9 Å². The molecule has 1 N–H and O–H groups in total. The molecule has 0 aromatic heterocycles. The fraction of sp³-hybridized carbons (Fsp3) is 0.278. The van der Waals surface area contributed by atoms with Crippen molar-refractivity contribution in [3.63, 3.8) is 0 Å². The van der Waals surface area contributed by atoms with Gasteiger partial charge in [-0.05, 0) is 43.3 Å². The second-order valence-electron chi connectivity index (χ2n) is 5.37.